The van der Waals surface area contributed by atoms with E-state index in [0.717, 1.165) is 18.5 Å². The van der Waals surface area contributed by atoms with Gasteiger partial charge in [0.05, 0.1) is 44.8 Å². The van der Waals surface area contributed by atoms with Gasteiger partial charge in [0.1, 0.15) is 34.4 Å². The summed E-state index contributed by atoms with van der Waals surface area (Å²) in [5.41, 5.74) is 4.21. The van der Waals surface area contributed by atoms with Crippen LogP contribution in [0, 0.1) is 0 Å². The van der Waals surface area contributed by atoms with E-state index in [9.17, 15) is 29.4 Å². The summed E-state index contributed by atoms with van der Waals surface area (Å²) in [6.07, 6.45) is 2.76. The number of phenols is 2. The number of aromatic nitrogens is 2. The molecule has 71 heavy (non-hydrogen) atoms. The number of carbonyl (C=O) groups excluding carboxylic acids is 4. The van der Waals surface area contributed by atoms with Crippen molar-refractivity contribution in [2.45, 2.75) is 31.3 Å². The maximum atomic E-state index is 14.3. The number of ether oxygens (including phenoxy) is 5. The average Bonchev–Trinajstić information content (AvgIpc) is 3.90. The molecule has 5 aromatic carbocycles. The lowest BCUT2D eigenvalue weighted by Crippen LogP contribution is -2.39. The molecule has 4 aliphatic rings. The number of piperidine rings is 1. The highest BCUT2D eigenvalue weighted by molar-refractivity contribution is 7.80. The predicted octanol–water partition coefficient (Wildman–Crippen LogP) is 6.33. The van der Waals surface area contributed by atoms with Crippen LogP contribution in [-0.4, -0.2) is 109 Å². The van der Waals surface area contributed by atoms with Crippen LogP contribution >= 0.6 is 12.2 Å². The number of methoxy groups -OCH3 is 1. The van der Waals surface area contributed by atoms with Crippen molar-refractivity contribution >= 4 is 58.1 Å². The lowest BCUT2D eigenvalue weighted by atomic mass is 9.77. The van der Waals surface area contributed by atoms with Crippen LogP contribution in [0.25, 0.3) is 5.69 Å². The average molecular weight is 980 g/mol. The number of benzene rings is 5. The number of esters is 1. The molecule has 0 aliphatic carbocycles. The highest BCUT2D eigenvalue weighted by atomic mass is 32.1. The number of rotatable bonds is 15. The van der Waals surface area contributed by atoms with Gasteiger partial charge in [-0.05, 0) is 116 Å². The van der Waals surface area contributed by atoms with Gasteiger partial charge in [0.15, 0.2) is 16.4 Å². The lowest BCUT2D eigenvalue weighted by molar-refractivity contribution is -0.119. The zero-order valence-corrected chi connectivity index (χ0v) is 39.4. The number of aromatic hydroxyl groups is 2. The molecule has 0 saturated carbocycles. The van der Waals surface area contributed by atoms with E-state index in [1.54, 1.807) is 71.5 Å². The minimum Gasteiger partial charge on any atom is -0.508 e. The first-order chi connectivity index (χ1) is 34.5. The Morgan fingerprint density at radius 2 is 1.37 bits per heavy atom. The zero-order valence-electron chi connectivity index (χ0n) is 38.6. The Morgan fingerprint density at radius 3 is 2.03 bits per heavy atom. The second-order valence-electron chi connectivity index (χ2n) is 17.2. The highest BCUT2D eigenvalue weighted by Crippen LogP contribution is 2.57. The fourth-order valence-electron chi connectivity index (χ4n) is 9.43. The summed E-state index contributed by atoms with van der Waals surface area (Å²) in [7, 11) is 1.57. The monoisotopic (exact) mass is 979 g/mol. The van der Waals surface area contributed by atoms with Crippen molar-refractivity contribution in [2.75, 3.05) is 74.8 Å². The van der Waals surface area contributed by atoms with Crippen LogP contribution in [0.15, 0.2) is 103 Å². The van der Waals surface area contributed by atoms with E-state index in [2.05, 4.69) is 21.0 Å². The lowest BCUT2D eigenvalue weighted by Gasteiger charge is -2.36. The molecule has 18 nitrogen and oxygen atoms in total. The SMILES string of the molecule is COc1ccc(-n2nc(C(=O)NCCOCCOCCNC(=S)Nc3ccc4c(c3)C(=O)OC43c4ccc(O)cc4Oc4cc(O)ccc43)c3c2C(=O)N(c2ccc(N4CCCCC4=O)cc2)CC3)cc1. The van der Waals surface area contributed by atoms with Gasteiger partial charge in [0.2, 0.25) is 5.91 Å². The van der Waals surface area contributed by atoms with Crippen molar-refractivity contribution in [3.8, 4) is 34.4 Å². The largest absolute Gasteiger partial charge is 0.508 e. The van der Waals surface area contributed by atoms with Crippen molar-refractivity contribution in [3.05, 3.63) is 142 Å². The van der Waals surface area contributed by atoms with Gasteiger partial charge in [-0.2, -0.15) is 5.10 Å². The van der Waals surface area contributed by atoms with E-state index in [0.29, 0.717) is 119 Å². The number of carbonyl (C=O) groups is 4. The Bertz CT molecular complexity index is 3020. The van der Waals surface area contributed by atoms with E-state index < -0.39 is 17.5 Å². The number of hydrogen-bond donors (Lipinski definition) is 5. The summed E-state index contributed by atoms with van der Waals surface area (Å²) in [6.45, 7) is 2.68. The Morgan fingerprint density at radius 1 is 0.732 bits per heavy atom. The molecule has 1 saturated heterocycles. The van der Waals surface area contributed by atoms with E-state index in [1.807, 2.05) is 24.3 Å². The first kappa shape index (κ1) is 46.7. The van der Waals surface area contributed by atoms with E-state index in [4.69, 9.17) is 35.9 Å². The smallest absolute Gasteiger partial charge is 0.340 e. The predicted molar refractivity (Wildman–Crippen MR) is 264 cm³/mol. The Labute approximate surface area is 413 Å². The van der Waals surface area contributed by atoms with Crippen LogP contribution in [-0.2, 0) is 31.0 Å². The summed E-state index contributed by atoms with van der Waals surface area (Å²) in [6, 6.07) is 28.9. The molecular formula is C52H49N7O11S. The normalized spacial score (nSPS) is 15.3. The molecule has 1 aromatic heterocycles. The minimum absolute atomic E-state index is 0.0287. The topological polar surface area (TPSA) is 215 Å². The van der Waals surface area contributed by atoms with Gasteiger partial charge in [-0.1, -0.05) is 6.07 Å². The van der Waals surface area contributed by atoms with Gasteiger partial charge >= 0.3 is 5.97 Å². The summed E-state index contributed by atoms with van der Waals surface area (Å²) in [5.74, 6) is -0.0251. The van der Waals surface area contributed by atoms with Crippen LogP contribution in [0.1, 0.15) is 72.9 Å². The quantitative estimate of drug-likeness (QED) is 0.0432. The van der Waals surface area contributed by atoms with Crippen molar-refractivity contribution in [1.82, 2.24) is 20.4 Å². The number of phenolic OH excluding ortho intramolecular Hbond substituents is 2. The molecule has 4 aliphatic heterocycles. The van der Waals surface area contributed by atoms with E-state index in [-0.39, 0.29) is 48.8 Å². The molecule has 10 rings (SSSR count). The zero-order chi connectivity index (χ0) is 49.2. The standard InChI is InChI=1S/C52H49N7O11S/c1-66-37-14-10-34(11-15-37)59-47-38(19-23-58(49(47)64)33-8-6-32(7-9-33)57-22-3-2-4-45(57)62)46(56-59)48(63)53-20-24-67-26-27-68-25-21-54-51(71)55-31-5-16-40-39(28-31)50(65)70-52(40)41-17-12-35(60)29-43(41)69-44-30-36(61)13-18-42(44)52/h5-18,28-30,60-61H,2-4,19-27H2,1H3,(H,53,63)(H2,54,55,71). The Hall–Kier alpha value is -8.00. The fourth-order valence-corrected chi connectivity index (χ4v) is 9.65. The van der Waals surface area contributed by atoms with Gasteiger partial charge in [0, 0.05) is 84.0 Å². The van der Waals surface area contributed by atoms with Crippen molar-refractivity contribution in [3.63, 3.8) is 0 Å². The molecule has 5 heterocycles. The fraction of sp³-hybridized carbons (Fsp3) is 0.269. The second kappa shape index (κ2) is 19.8. The highest BCUT2D eigenvalue weighted by Gasteiger charge is 2.54. The molecule has 1 spiro atoms. The number of nitrogens with zero attached hydrogens (tertiary/aromatic N) is 4. The molecule has 1 fully saturated rings. The maximum Gasteiger partial charge on any atom is 0.340 e. The third-order valence-corrected chi connectivity index (χ3v) is 13.1. The molecular weight excluding hydrogens is 931 g/mol. The molecule has 19 heteroatoms. The molecule has 0 bridgehead atoms. The van der Waals surface area contributed by atoms with Gasteiger partial charge in [-0.15, -0.1) is 0 Å². The number of nitrogens with one attached hydrogen (secondary N) is 3. The second-order valence-corrected chi connectivity index (χ2v) is 17.6. The van der Waals surface area contributed by atoms with Crippen LogP contribution in [0.2, 0.25) is 0 Å². The minimum atomic E-state index is -1.37. The third-order valence-electron chi connectivity index (χ3n) is 12.8. The summed E-state index contributed by atoms with van der Waals surface area (Å²) >= 11 is 5.51. The van der Waals surface area contributed by atoms with Crippen LogP contribution in [0.4, 0.5) is 17.1 Å². The van der Waals surface area contributed by atoms with Gasteiger partial charge in [-0.25, -0.2) is 9.48 Å². The number of hydrogen-bond acceptors (Lipinski definition) is 13. The van der Waals surface area contributed by atoms with Gasteiger partial charge in [-0.3, -0.25) is 14.4 Å². The number of fused-ring (bicyclic) bond motifs is 7. The van der Waals surface area contributed by atoms with Crippen molar-refractivity contribution < 1.29 is 53.1 Å². The summed E-state index contributed by atoms with van der Waals surface area (Å²) in [5, 5.41) is 34.4. The number of anilines is 3. The molecule has 364 valence electrons. The van der Waals surface area contributed by atoms with Crippen LogP contribution in [0.3, 0.4) is 0 Å². The van der Waals surface area contributed by atoms with Crippen molar-refractivity contribution in [1.29, 1.82) is 0 Å². The molecule has 5 N–H and O–H groups in total. The van der Waals surface area contributed by atoms with E-state index >= 15 is 0 Å². The first-order valence-electron chi connectivity index (χ1n) is 23.2. The molecule has 0 unspecified atom stereocenters. The molecule has 6 aromatic rings. The maximum absolute atomic E-state index is 14.3. The molecule has 0 radical (unpaired) electrons. The third kappa shape index (κ3) is 9.06. The molecule has 3 amide bonds. The van der Waals surface area contributed by atoms with Crippen molar-refractivity contribution in [2.24, 2.45) is 0 Å². The van der Waals surface area contributed by atoms with Crippen LogP contribution in [0.5, 0.6) is 28.7 Å². The molecule has 0 atom stereocenters. The van der Waals surface area contributed by atoms with E-state index in [1.165, 1.54) is 28.9 Å². The summed E-state index contributed by atoms with van der Waals surface area (Å²) in [4.78, 5) is 57.4. The Kier molecular flexibility index (Phi) is 13.0. The van der Waals surface area contributed by atoms with Gasteiger partial charge < -0.3 is 59.6 Å². The first-order valence-corrected chi connectivity index (χ1v) is 23.6. The van der Waals surface area contributed by atoms with Gasteiger partial charge in [0.25, 0.3) is 11.8 Å². The number of thiocarbonyl (C=S) groups is 1. The number of amides is 3. The van der Waals surface area contributed by atoms with Crippen LogP contribution < -0.4 is 35.2 Å². The Balaban J connectivity index is 0.690. The summed E-state index contributed by atoms with van der Waals surface area (Å²) < 4.78 is 30.5.